The van der Waals surface area contributed by atoms with Crippen molar-refractivity contribution in [3.63, 3.8) is 0 Å². The van der Waals surface area contributed by atoms with Crippen LogP contribution >= 0.6 is 22.9 Å². The number of anilines is 3. The van der Waals surface area contributed by atoms with Gasteiger partial charge in [0, 0.05) is 41.4 Å². The Kier molecular flexibility index (Phi) is 6.59. The van der Waals surface area contributed by atoms with Gasteiger partial charge in [0.05, 0.1) is 12.8 Å². The van der Waals surface area contributed by atoms with E-state index in [0.29, 0.717) is 35.6 Å². The quantitative estimate of drug-likeness (QED) is 0.399. The van der Waals surface area contributed by atoms with E-state index < -0.39 is 5.60 Å². The molecule has 0 bridgehead atoms. The molecule has 0 saturated heterocycles. The van der Waals surface area contributed by atoms with Gasteiger partial charge in [0.2, 0.25) is 5.95 Å². The molecule has 2 atom stereocenters. The van der Waals surface area contributed by atoms with Gasteiger partial charge in [-0.25, -0.2) is 9.97 Å². The first kappa shape index (κ1) is 23.5. The lowest BCUT2D eigenvalue weighted by Crippen LogP contribution is -2.33. The van der Waals surface area contributed by atoms with Gasteiger partial charge in [0.15, 0.2) is 11.4 Å². The molecule has 3 N–H and O–H groups in total. The maximum atomic E-state index is 10.7. The lowest BCUT2D eigenvalue weighted by atomic mass is 9.85. The summed E-state index contributed by atoms with van der Waals surface area (Å²) >= 11 is 7.83. The Balaban J connectivity index is 1.75. The summed E-state index contributed by atoms with van der Waals surface area (Å²) in [5, 5.41) is 13.5. The van der Waals surface area contributed by atoms with Crippen molar-refractivity contribution in [3.8, 4) is 11.8 Å². The van der Waals surface area contributed by atoms with E-state index >= 15 is 0 Å². The van der Waals surface area contributed by atoms with Crippen molar-refractivity contribution in [2.75, 3.05) is 30.4 Å². The van der Waals surface area contributed by atoms with Gasteiger partial charge in [-0.3, -0.25) is 0 Å². The Bertz CT molecular complexity index is 1210. The van der Waals surface area contributed by atoms with Crippen LogP contribution in [0.15, 0.2) is 36.0 Å². The van der Waals surface area contributed by atoms with Crippen LogP contribution in [0, 0.1) is 11.8 Å². The molecule has 1 aliphatic heterocycles. The summed E-state index contributed by atoms with van der Waals surface area (Å²) < 4.78 is 5.94. The van der Waals surface area contributed by atoms with Gasteiger partial charge < -0.3 is 20.5 Å². The molecule has 172 valence electrons. The minimum absolute atomic E-state index is 0.155. The van der Waals surface area contributed by atoms with E-state index in [4.69, 9.17) is 22.1 Å². The molecule has 0 fully saturated rings. The third-order valence-corrected chi connectivity index (χ3v) is 6.76. The van der Waals surface area contributed by atoms with Crippen LogP contribution < -0.4 is 10.6 Å². The number of ether oxygens (including phenoxy) is 1. The van der Waals surface area contributed by atoms with E-state index in [9.17, 15) is 5.11 Å². The predicted octanol–water partition coefficient (Wildman–Crippen LogP) is 4.26. The van der Waals surface area contributed by atoms with E-state index in [0.717, 1.165) is 23.2 Å². The Hall–Kier alpha value is -2.70. The third-order valence-electron chi connectivity index (χ3n) is 5.51. The standard InChI is InChI=1S/C24H26ClN5O2S/c1-4-10-32-15-23(2)14-30(20-18(25)13-28-22(26)29-20)19-12-16(5-6-17(19)23)7-8-24(3,31)21-27-9-11-33-21/h5-6,9,11-13,31H,4,10,14-15H2,1-3H3,(H2,26,28,29). The van der Waals surface area contributed by atoms with Gasteiger partial charge in [-0.05, 0) is 31.0 Å². The lowest BCUT2D eigenvalue weighted by molar-refractivity contribution is 0.0945. The topological polar surface area (TPSA) is 97.4 Å². The smallest absolute Gasteiger partial charge is 0.222 e. The highest BCUT2D eigenvalue weighted by Gasteiger charge is 2.41. The van der Waals surface area contributed by atoms with Crippen LogP contribution in [-0.4, -0.2) is 39.8 Å². The molecule has 2 unspecified atom stereocenters. The second-order valence-electron chi connectivity index (χ2n) is 8.49. The zero-order valence-electron chi connectivity index (χ0n) is 18.8. The summed E-state index contributed by atoms with van der Waals surface area (Å²) in [6.45, 7) is 7.78. The van der Waals surface area contributed by atoms with E-state index in [1.54, 1.807) is 13.1 Å². The molecule has 1 aromatic carbocycles. The number of rotatable bonds is 6. The summed E-state index contributed by atoms with van der Waals surface area (Å²) in [5.41, 5.74) is 7.06. The third kappa shape index (κ3) is 4.82. The minimum Gasteiger partial charge on any atom is -0.380 e. The van der Waals surface area contributed by atoms with Crippen LogP contribution in [0.4, 0.5) is 17.5 Å². The average Bonchev–Trinajstić information content (AvgIpc) is 3.42. The Morgan fingerprint density at radius 1 is 1.39 bits per heavy atom. The maximum absolute atomic E-state index is 10.7. The maximum Gasteiger partial charge on any atom is 0.222 e. The molecule has 2 aromatic heterocycles. The number of aromatic nitrogens is 3. The molecule has 4 rings (SSSR count). The molecule has 7 nitrogen and oxygen atoms in total. The zero-order chi connectivity index (χ0) is 23.6. The number of thiazole rings is 1. The number of aliphatic hydroxyl groups is 1. The van der Waals surface area contributed by atoms with E-state index in [-0.39, 0.29) is 11.4 Å². The molecule has 0 radical (unpaired) electrons. The van der Waals surface area contributed by atoms with Crippen LogP contribution in [0.2, 0.25) is 5.02 Å². The Morgan fingerprint density at radius 3 is 2.94 bits per heavy atom. The second kappa shape index (κ2) is 9.27. The number of hydrogen-bond acceptors (Lipinski definition) is 8. The van der Waals surface area contributed by atoms with Gasteiger partial charge in [0.25, 0.3) is 0 Å². The summed E-state index contributed by atoms with van der Waals surface area (Å²) in [6.07, 6.45) is 4.12. The fourth-order valence-corrected chi connectivity index (χ4v) is 4.73. The van der Waals surface area contributed by atoms with Crippen molar-refractivity contribution in [2.45, 2.75) is 38.2 Å². The number of fused-ring (bicyclic) bond motifs is 1. The largest absolute Gasteiger partial charge is 0.380 e. The van der Waals surface area contributed by atoms with Crippen molar-refractivity contribution in [2.24, 2.45) is 0 Å². The van der Waals surface area contributed by atoms with E-state index in [1.165, 1.54) is 17.5 Å². The average molecular weight is 484 g/mol. The highest BCUT2D eigenvalue weighted by atomic mass is 35.5. The summed E-state index contributed by atoms with van der Waals surface area (Å²) in [5.74, 6) is 6.74. The van der Waals surface area contributed by atoms with Crippen LogP contribution in [-0.2, 0) is 15.8 Å². The first-order valence-electron chi connectivity index (χ1n) is 10.7. The molecular weight excluding hydrogens is 458 g/mol. The van der Waals surface area contributed by atoms with Gasteiger partial charge in [-0.1, -0.05) is 43.4 Å². The number of benzene rings is 1. The molecule has 0 saturated carbocycles. The molecule has 33 heavy (non-hydrogen) atoms. The molecule has 1 aliphatic rings. The number of nitrogens with zero attached hydrogens (tertiary/aromatic N) is 4. The van der Waals surface area contributed by atoms with Crippen molar-refractivity contribution >= 4 is 40.4 Å². The number of nitrogens with two attached hydrogens (primary N) is 1. The van der Waals surface area contributed by atoms with E-state index in [2.05, 4.69) is 46.7 Å². The fourth-order valence-electron chi connectivity index (χ4n) is 3.89. The van der Waals surface area contributed by atoms with Gasteiger partial charge in [-0.2, -0.15) is 4.98 Å². The van der Waals surface area contributed by atoms with Crippen molar-refractivity contribution in [1.82, 2.24) is 15.0 Å². The SMILES string of the molecule is CCCOCC1(C)CN(c2nc(N)ncc2Cl)c2cc(C#CC(C)(O)c3nccs3)ccc21. The summed E-state index contributed by atoms with van der Waals surface area (Å²) in [6, 6.07) is 6.01. The molecule has 0 amide bonds. The predicted molar refractivity (Wildman–Crippen MR) is 132 cm³/mol. The van der Waals surface area contributed by atoms with Crippen molar-refractivity contribution in [1.29, 1.82) is 0 Å². The number of hydrogen-bond donors (Lipinski definition) is 2. The molecule has 0 spiro atoms. The van der Waals surface area contributed by atoms with Crippen LogP contribution in [0.5, 0.6) is 0 Å². The molecular formula is C24H26ClN5O2S. The second-order valence-corrected chi connectivity index (χ2v) is 9.79. The van der Waals surface area contributed by atoms with Gasteiger partial charge >= 0.3 is 0 Å². The molecule has 0 aliphatic carbocycles. The minimum atomic E-state index is -1.33. The normalized spacial score (nSPS) is 19.0. The fraction of sp³-hybridized carbons (Fsp3) is 0.375. The zero-order valence-corrected chi connectivity index (χ0v) is 20.4. The number of nitrogen functional groups attached to an aromatic ring is 1. The first-order chi connectivity index (χ1) is 15.7. The van der Waals surface area contributed by atoms with Crippen LogP contribution in [0.3, 0.4) is 0 Å². The number of halogens is 1. The van der Waals surface area contributed by atoms with Crippen molar-refractivity contribution < 1.29 is 9.84 Å². The highest BCUT2D eigenvalue weighted by Crippen LogP contribution is 2.46. The highest BCUT2D eigenvalue weighted by molar-refractivity contribution is 7.09. The monoisotopic (exact) mass is 483 g/mol. The van der Waals surface area contributed by atoms with Gasteiger partial charge in [0.1, 0.15) is 10.0 Å². The van der Waals surface area contributed by atoms with Gasteiger partial charge in [-0.15, -0.1) is 11.3 Å². The van der Waals surface area contributed by atoms with Crippen LogP contribution in [0.1, 0.15) is 43.3 Å². The lowest BCUT2D eigenvalue weighted by Gasteiger charge is -2.26. The molecule has 3 heterocycles. The molecule has 9 heteroatoms. The summed E-state index contributed by atoms with van der Waals surface area (Å²) in [4.78, 5) is 14.6. The Morgan fingerprint density at radius 2 is 2.21 bits per heavy atom. The van der Waals surface area contributed by atoms with Crippen molar-refractivity contribution in [3.05, 3.63) is 57.1 Å². The Labute approximate surface area is 202 Å². The van der Waals surface area contributed by atoms with Crippen LogP contribution in [0.25, 0.3) is 0 Å². The van der Waals surface area contributed by atoms with E-state index in [1.807, 2.05) is 22.4 Å². The first-order valence-corrected chi connectivity index (χ1v) is 11.9. The summed E-state index contributed by atoms with van der Waals surface area (Å²) in [7, 11) is 0. The molecule has 3 aromatic rings.